The summed E-state index contributed by atoms with van der Waals surface area (Å²) in [5.41, 5.74) is 7.53. The molecule has 8 heteroatoms. The maximum atomic E-state index is 11.5. The highest BCUT2D eigenvalue weighted by molar-refractivity contribution is 14.0. The van der Waals surface area contributed by atoms with Crippen LogP contribution < -0.4 is 16.4 Å². The molecule has 0 aromatic heterocycles. The minimum Gasteiger partial charge on any atom is -0.383 e. The SMILES string of the molecule is COCCNC(=O)CN=C(N)Nc1ccccc1COC.I. The maximum absolute atomic E-state index is 11.5. The van der Waals surface area contributed by atoms with Crippen LogP contribution in [0.5, 0.6) is 0 Å². The molecule has 0 saturated carbocycles. The minimum absolute atomic E-state index is 0. The number of methoxy groups -OCH3 is 2. The Morgan fingerprint density at radius 3 is 2.68 bits per heavy atom. The van der Waals surface area contributed by atoms with E-state index in [-0.39, 0.29) is 42.4 Å². The highest BCUT2D eigenvalue weighted by atomic mass is 127. The van der Waals surface area contributed by atoms with Crippen molar-refractivity contribution in [3.05, 3.63) is 29.8 Å². The van der Waals surface area contributed by atoms with Crippen LogP contribution in [0.1, 0.15) is 5.56 Å². The van der Waals surface area contributed by atoms with Gasteiger partial charge in [0.25, 0.3) is 0 Å². The lowest BCUT2D eigenvalue weighted by Gasteiger charge is -2.10. The molecule has 124 valence electrons. The van der Waals surface area contributed by atoms with Gasteiger partial charge in [-0.05, 0) is 6.07 Å². The van der Waals surface area contributed by atoms with Gasteiger partial charge >= 0.3 is 0 Å². The Labute approximate surface area is 147 Å². The van der Waals surface area contributed by atoms with Gasteiger partial charge in [0, 0.05) is 32.0 Å². The zero-order chi connectivity index (χ0) is 15.5. The van der Waals surface area contributed by atoms with Gasteiger partial charge < -0.3 is 25.8 Å². The number of hydrogen-bond acceptors (Lipinski definition) is 4. The summed E-state index contributed by atoms with van der Waals surface area (Å²) in [5, 5.41) is 5.62. The predicted molar refractivity (Wildman–Crippen MR) is 97.6 cm³/mol. The first-order chi connectivity index (χ1) is 10.2. The van der Waals surface area contributed by atoms with Gasteiger partial charge in [-0.25, -0.2) is 4.99 Å². The van der Waals surface area contributed by atoms with Gasteiger partial charge in [0.1, 0.15) is 6.54 Å². The fourth-order valence-electron chi connectivity index (χ4n) is 1.61. The van der Waals surface area contributed by atoms with Crippen LogP contribution in [0, 0.1) is 0 Å². The third-order valence-corrected chi connectivity index (χ3v) is 2.60. The van der Waals surface area contributed by atoms with E-state index in [4.69, 9.17) is 15.2 Å². The number of carbonyl (C=O) groups excluding carboxylic acids is 1. The Kier molecular flexibility index (Phi) is 11.4. The number of para-hydroxylation sites is 1. The molecular formula is C14H23IN4O3. The fourth-order valence-corrected chi connectivity index (χ4v) is 1.61. The summed E-state index contributed by atoms with van der Waals surface area (Å²) in [4.78, 5) is 15.5. The average Bonchev–Trinajstić information content (AvgIpc) is 2.48. The van der Waals surface area contributed by atoms with Crippen molar-refractivity contribution in [3.8, 4) is 0 Å². The number of nitrogens with two attached hydrogens (primary N) is 1. The number of rotatable bonds is 8. The highest BCUT2D eigenvalue weighted by Crippen LogP contribution is 2.15. The molecule has 0 fully saturated rings. The van der Waals surface area contributed by atoms with Crippen LogP contribution >= 0.6 is 24.0 Å². The number of aliphatic imine (C=N–C) groups is 1. The highest BCUT2D eigenvalue weighted by Gasteiger charge is 2.03. The van der Waals surface area contributed by atoms with E-state index in [0.29, 0.717) is 19.8 Å². The van der Waals surface area contributed by atoms with E-state index in [0.717, 1.165) is 11.3 Å². The molecule has 0 unspecified atom stereocenters. The Morgan fingerprint density at radius 2 is 2.00 bits per heavy atom. The number of halogens is 1. The molecule has 0 aliphatic heterocycles. The normalized spacial score (nSPS) is 10.7. The summed E-state index contributed by atoms with van der Waals surface area (Å²) in [6, 6.07) is 7.59. The van der Waals surface area contributed by atoms with E-state index < -0.39 is 0 Å². The van der Waals surface area contributed by atoms with E-state index in [1.807, 2.05) is 24.3 Å². The number of carbonyl (C=O) groups is 1. The first-order valence-electron chi connectivity index (χ1n) is 6.56. The number of nitrogens with one attached hydrogen (secondary N) is 2. The molecule has 0 aliphatic rings. The van der Waals surface area contributed by atoms with Crippen LogP contribution in [0.3, 0.4) is 0 Å². The summed E-state index contributed by atoms with van der Waals surface area (Å²) in [6.45, 7) is 1.35. The van der Waals surface area contributed by atoms with Gasteiger partial charge in [0.15, 0.2) is 5.96 Å². The Hall–Kier alpha value is -1.39. The molecule has 1 amide bonds. The second-order valence-corrected chi connectivity index (χ2v) is 4.26. The molecule has 1 aromatic rings. The number of nitrogens with zero attached hydrogens (tertiary/aromatic N) is 1. The smallest absolute Gasteiger partial charge is 0.241 e. The molecule has 0 aliphatic carbocycles. The molecule has 1 aromatic carbocycles. The minimum atomic E-state index is -0.207. The molecule has 4 N–H and O–H groups in total. The number of guanidine groups is 1. The summed E-state index contributed by atoms with van der Waals surface area (Å²) in [5.74, 6) is -0.0255. The predicted octanol–water partition coefficient (Wildman–Crippen LogP) is 0.940. The third-order valence-electron chi connectivity index (χ3n) is 2.60. The van der Waals surface area contributed by atoms with E-state index >= 15 is 0 Å². The van der Waals surface area contributed by atoms with Gasteiger partial charge in [-0.15, -0.1) is 24.0 Å². The molecule has 0 atom stereocenters. The fraction of sp³-hybridized carbons (Fsp3) is 0.429. The van der Waals surface area contributed by atoms with Crippen LogP contribution in [0.25, 0.3) is 0 Å². The van der Waals surface area contributed by atoms with Crippen molar-refractivity contribution in [1.82, 2.24) is 5.32 Å². The number of benzene rings is 1. The first kappa shape index (κ1) is 20.6. The van der Waals surface area contributed by atoms with E-state index in [1.165, 1.54) is 0 Å². The topological polar surface area (TPSA) is 98.0 Å². The van der Waals surface area contributed by atoms with Crippen molar-refractivity contribution >= 4 is 41.5 Å². The van der Waals surface area contributed by atoms with Crippen LogP contribution in [0.2, 0.25) is 0 Å². The third kappa shape index (κ3) is 8.15. The van der Waals surface area contributed by atoms with Crippen molar-refractivity contribution in [2.75, 3.05) is 39.2 Å². The quantitative estimate of drug-likeness (QED) is 0.251. The van der Waals surface area contributed by atoms with Crippen LogP contribution in [-0.2, 0) is 20.9 Å². The standard InChI is InChI=1S/C14H22N4O3.HI/c1-20-8-7-16-13(19)9-17-14(15)18-12-6-4-3-5-11(12)10-21-2;/h3-6H,7-10H2,1-2H3,(H,16,19)(H3,15,17,18);1H. The monoisotopic (exact) mass is 422 g/mol. The van der Waals surface area contributed by atoms with Gasteiger partial charge in [-0.2, -0.15) is 0 Å². The molecule has 0 saturated heterocycles. The van der Waals surface area contributed by atoms with E-state index in [1.54, 1.807) is 14.2 Å². The van der Waals surface area contributed by atoms with Crippen LogP contribution in [-0.4, -0.2) is 45.8 Å². The molecule has 0 bridgehead atoms. The summed E-state index contributed by atoms with van der Waals surface area (Å²) >= 11 is 0. The number of anilines is 1. The van der Waals surface area contributed by atoms with Gasteiger partial charge in [0.2, 0.25) is 5.91 Å². The molecule has 0 spiro atoms. The summed E-state index contributed by atoms with van der Waals surface area (Å²) < 4.78 is 9.94. The molecule has 22 heavy (non-hydrogen) atoms. The van der Waals surface area contributed by atoms with Gasteiger partial charge in [-0.1, -0.05) is 18.2 Å². The largest absolute Gasteiger partial charge is 0.383 e. The van der Waals surface area contributed by atoms with Crippen molar-refractivity contribution in [2.45, 2.75) is 6.61 Å². The average molecular weight is 422 g/mol. The van der Waals surface area contributed by atoms with Crippen LogP contribution in [0.15, 0.2) is 29.3 Å². The zero-order valence-corrected chi connectivity index (χ0v) is 15.1. The molecule has 0 heterocycles. The molecular weight excluding hydrogens is 399 g/mol. The van der Waals surface area contributed by atoms with Crippen molar-refractivity contribution < 1.29 is 14.3 Å². The lowest BCUT2D eigenvalue weighted by Crippen LogP contribution is -2.31. The zero-order valence-electron chi connectivity index (χ0n) is 12.8. The molecule has 0 radical (unpaired) electrons. The Morgan fingerprint density at radius 1 is 1.27 bits per heavy atom. The number of amides is 1. The second kappa shape index (κ2) is 12.2. The molecule has 7 nitrogen and oxygen atoms in total. The van der Waals surface area contributed by atoms with E-state index in [2.05, 4.69) is 15.6 Å². The van der Waals surface area contributed by atoms with Gasteiger partial charge in [0.05, 0.1) is 13.2 Å². The Balaban J connectivity index is 0.00000441. The van der Waals surface area contributed by atoms with Crippen molar-refractivity contribution in [2.24, 2.45) is 10.7 Å². The van der Waals surface area contributed by atoms with E-state index in [9.17, 15) is 4.79 Å². The number of hydrogen-bond donors (Lipinski definition) is 3. The number of ether oxygens (including phenoxy) is 2. The van der Waals surface area contributed by atoms with Crippen molar-refractivity contribution in [3.63, 3.8) is 0 Å². The summed E-state index contributed by atoms with van der Waals surface area (Å²) in [6.07, 6.45) is 0. The van der Waals surface area contributed by atoms with Crippen molar-refractivity contribution in [1.29, 1.82) is 0 Å². The maximum Gasteiger partial charge on any atom is 0.241 e. The lowest BCUT2D eigenvalue weighted by molar-refractivity contribution is -0.119. The Bertz CT molecular complexity index is 483. The lowest BCUT2D eigenvalue weighted by atomic mass is 10.2. The molecule has 1 rings (SSSR count). The van der Waals surface area contributed by atoms with Crippen LogP contribution in [0.4, 0.5) is 5.69 Å². The van der Waals surface area contributed by atoms with Gasteiger partial charge in [-0.3, -0.25) is 4.79 Å². The first-order valence-corrected chi connectivity index (χ1v) is 6.56. The summed E-state index contributed by atoms with van der Waals surface area (Å²) in [7, 11) is 3.20. The second-order valence-electron chi connectivity index (χ2n) is 4.26.